The molecule has 4 saturated carbocycles. The number of carboxylic acids is 1. The van der Waals surface area contributed by atoms with E-state index in [2.05, 4.69) is 25.8 Å². The van der Waals surface area contributed by atoms with E-state index in [1.165, 1.54) is 6.92 Å². The number of carboxylic acid groups (broad SMARTS) is 1. The molecule has 4 N–H and O–H groups in total. The van der Waals surface area contributed by atoms with Gasteiger partial charge in [0.1, 0.15) is 6.04 Å². The van der Waals surface area contributed by atoms with Crippen molar-refractivity contribution in [2.24, 2.45) is 51.3 Å². The van der Waals surface area contributed by atoms with Crippen molar-refractivity contribution in [1.29, 1.82) is 0 Å². The molecule has 4 aliphatic rings. The van der Waals surface area contributed by atoms with Crippen molar-refractivity contribution in [3.8, 4) is 0 Å². The Labute approximate surface area is 232 Å². The molecule has 0 aromatic rings. The first kappa shape index (κ1) is 29.4. The molecule has 35 heavy (non-hydrogen) atoms. The zero-order valence-electron chi connectivity index (χ0n) is 22.2. The summed E-state index contributed by atoms with van der Waals surface area (Å²) >= 11 is 0. The van der Waals surface area contributed by atoms with E-state index in [0.717, 1.165) is 38.5 Å². The fourth-order valence-electron chi connectivity index (χ4n) is 9.02. The minimum absolute atomic E-state index is 0. The minimum Gasteiger partial charge on any atom is -0.862 e. The molecule has 8 heteroatoms. The summed E-state index contributed by atoms with van der Waals surface area (Å²) in [5, 5.41) is 54.4. The number of rotatable bonds is 6. The van der Waals surface area contributed by atoms with Crippen LogP contribution in [0.1, 0.15) is 85.5 Å². The van der Waals surface area contributed by atoms with E-state index in [-0.39, 0.29) is 88.4 Å². The predicted molar refractivity (Wildman–Crippen MR) is 127 cm³/mol. The molecule has 0 aromatic heterocycles. The van der Waals surface area contributed by atoms with Crippen LogP contribution in [0, 0.1) is 46.3 Å². The summed E-state index contributed by atoms with van der Waals surface area (Å²) in [4.78, 5) is 14.7. The second-order valence-electron chi connectivity index (χ2n) is 12.6. The summed E-state index contributed by atoms with van der Waals surface area (Å²) in [5.74, 6) is -0.0000347. The number of aliphatic hydroxyl groups is 3. The summed E-state index contributed by atoms with van der Waals surface area (Å²) in [6, 6.07) is -1.02. The number of aliphatic carboxylic acids is 1. The van der Waals surface area contributed by atoms with Gasteiger partial charge >= 0.3 is 35.5 Å². The second kappa shape index (κ2) is 10.9. The molecule has 0 saturated heterocycles. The van der Waals surface area contributed by atoms with Crippen molar-refractivity contribution in [3.05, 3.63) is 0 Å². The Hall–Kier alpha value is -0.180. The van der Waals surface area contributed by atoms with Crippen molar-refractivity contribution >= 4 is 11.9 Å². The molecule has 4 rings (SSSR count). The van der Waals surface area contributed by atoms with Crippen molar-refractivity contribution in [3.63, 3.8) is 0 Å². The quantitative estimate of drug-likeness (QED) is 0.222. The number of aliphatic imine (C=N–C) groups is 1. The molecule has 7 nitrogen and oxygen atoms in total. The van der Waals surface area contributed by atoms with Crippen LogP contribution < -0.4 is 34.7 Å². The average molecular weight is 502 g/mol. The molecule has 0 amide bonds. The van der Waals surface area contributed by atoms with Crippen molar-refractivity contribution in [1.82, 2.24) is 0 Å². The summed E-state index contributed by atoms with van der Waals surface area (Å²) in [5.41, 5.74) is -0.239. The molecule has 194 valence electrons. The Balaban J connectivity index is 0.00000342. The third-order valence-electron chi connectivity index (χ3n) is 11.0. The third-order valence-corrected chi connectivity index (χ3v) is 11.0. The Kier molecular flexibility index (Phi) is 9.15. The number of hydrogen-bond donors (Lipinski definition) is 4. The Morgan fingerprint density at radius 1 is 1.06 bits per heavy atom. The van der Waals surface area contributed by atoms with Crippen LogP contribution in [0.4, 0.5) is 0 Å². The maximum Gasteiger partial charge on any atom is 1.00 e. The van der Waals surface area contributed by atoms with E-state index in [0.29, 0.717) is 18.8 Å². The van der Waals surface area contributed by atoms with Gasteiger partial charge in [-0.1, -0.05) is 20.8 Å². The van der Waals surface area contributed by atoms with Gasteiger partial charge in [0.05, 0.1) is 18.3 Å². The van der Waals surface area contributed by atoms with Gasteiger partial charge in [-0.25, -0.2) is 4.79 Å². The number of nitrogens with zero attached hydrogens (tertiary/aromatic N) is 1. The van der Waals surface area contributed by atoms with E-state index >= 15 is 0 Å². The topological polar surface area (TPSA) is 133 Å². The maximum absolute atomic E-state index is 12.2. The van der Waals surface area contributed by atoms with Crippen molar-refractivity contribution < 1.29 is 59.9 Å². The smallest absolute Gasteiger partial charge is 0.862 e. The van der Waals surface area contributed by atoms with Gasteiger partial charge in [-0.3, -0.25) is 4.99 Å². The standard InChI is InChI=1S/C27H45NO6.Na/c1-14(5-8-23(32)28-15(2)25(33)34)18-6-7-19-24-20(13-22(31)27(18,19)4)26(3)10-9-17(29)11-16(26)12-21(24)30;/h14-22,24,29-31H,5-13H2,1-4H3,(H,28,32)(H,33,34);/q;+1/p-1/t14-,15+,16?,17-,18-,19+,20+,21-,22+,24+,26+,27-;/m1./s1. The Morgan fingerprint density at radius 2 is 1.74 bits per heavy atom. The van der Waals surface area contributed by atoms with Crippen molar-refractivity contribution in [2.75, 3.05) is 0 Å². The molecule has 0 bridgehead atoms. The third kappa shape index (κ3) is 5.12. The molecule has 12 atom stereocenters. The normalized spacial score (nSPS) is 47.0. The SMILES string of the molecule is C[C@H](N=C([O-])CC[C@@H](C)[C@H]1CC[C@H]2[C@@H]3[C@H](O)CC4C[C@H](O)CC[C@]4(C)[C@H]3C[C@H](O)[C@]12C)C(=O)O.[Na+]. The van der Waals surface area contributed by atoms with Crippen LogP contribution >= 0.6 is 0 Å². The van der Waals surface area contributed by atoms with Crippen LogP contribution in [-0.2, 0) is 4.79 Å². The molecule has 0 heterocycles. The molecule has 0 radical (unpaired) electrons. The van der Waals surface area contributed by atoms with E-state index in [4.69, 9.17) is 5.11 Å². The summed E-state index contributed by atoms with van der Waals surface area (Å²) < 4.78 is 0. The van der Waals surface area contributed by atoms with Gasteiger partial charge in [0.2, 0.25) is 0 Å². The van der Waals surface area contributed by atoms with Crippen LogP contribution in [-0.4, -0.2) is 56.6 Å². The predicted octanol–water partition coefficient (Wildman–Crippen LogP) is -0.400. The second-order valence-corrected chi connectivity index (χ2v) is 12.6. The van der Waals surface area contributed by atoms with Crippen molar-refractivity contribution in [2.45, 2.75) is 110 Å². The number of aliphatic hydroxyl groups excluding tert-OH is 3. The first-order valence-corrected chi connectivity index (χ1v) is 13.4. The van der Waals surface area contributed by atoms with Gasteiger partial charge in [0.15, 0.2) is 0 Å². The van der Waals surface area contributed by atoms with Gasteiger partial charge in [0.25, 0.3) is 0 Å². The molecule has 0 spiro atoms. The molecular formula is C27H44NNaO6. The average Bonchev–Trinajstić information content (AvgIpc) is 3.12. The molecular weight excluding hydrogens is 457 g/mol. The van der Waals surface area contributed by atoms with Gasteiger partial charge in [0, 0.05) is 0 Å². The fourth-order valence-corrected chi connectivity index (χ4v) is 9.02. The fraction of sp³-hybridized carbons (Fsp3) is 0.926. The van der Waals surface area contributed by atoms with Crippen LogP contribution in [0.25, 0.3) is 0 Å². The first-order valence-electron chi connectivity index (χ1n) is 13.4. The molecule has 0 aromatic carbocycles. The van der Waals surface area contributed by atoms with E-state index in [9.17, 15) is 25.2 Å². The largest absolute Gasteiger partial charge is 1.00 e. The van der Waals surface area contributed by atoms with E-state index in [1.54, 1.807) is 0 Å². The Morgan fingerprint density at radius 3 is 2.40 bits per heavy atom. The van der Waals surface area contributed by atoms with Crippen LogP contribution in [0.15, 0.2) is 4.99 Å². The minimum atomic E-state index is -1.10. The number of carbonyl (C=O) groups is 1. The van der Waals surface area contributed by atoms with Gasteiger partial charge in [-0.05, 0) is 117 Å². The van der Waals surface area contributed by atoms with E-state index < -0.39 is 24.2 Å². The molecule has 4 fully saturated rings. The molecule has 1 unspecified atom stereocenters. The summed E-state index contributed by atoms with van der Waals surface area (Å²) in [6.45, 7) is 8.10. The van der Waals surface area contributed by atoms with E-state index in [1.807, 2.05) is 0 Å². The van der Waals surface area contributed by atoms with Crippen LogP contribution in [0.3, 0.4) is 0 Å². The van der Waals surface area contributed by atoms with Gasteiger partial charge in [-0.15, -0.1) is 0 Å². The summed E-state index contributed by atoms with van der Waals surface area (Å²) in [7, 11) is 0. The zero-order chi connectivity index (χ0) is 25.0. The van der Waals surface area contributed by atoms with Gasteiger partial charge in [-0.2, -0.15) is 0 Å². The monoisotopic (exact) mass is 501 g/mol. The zero-order valence-corrected chi connectivity index (χ0v) is 24.2. The van der Waals surface area contributed by atoms with Gasteiger partial charge < -0.3 is 25.5 Å². The first-order chi connectivity index (χ1) is 15.9. The summed E-state index contributed by atoms with van der Waals surface area (Å²) in [6.07, 6.45) is 5.68. The number of hydrogen-bond acceptors (Lipinski definition) is 6. The maximum atomic E-state index is 12.2. The molecule has 0 aliphatic heterocycles. The van der Waals surface area contributed by atoms with Crippen LogP contribution in [0.2, 0.25) is 0 Å². The molecule has 4 aliphatic carbocycles. The van der Waals surface area contributed by atoms with Crippen LogP contribution in [0.5, 0.6) is 0 Å². The Bertz CT molecular complexity index is 809. The number of fused-ring (bicyclic) bond motifs is 5.